The minimum Gasteiger partial charge on any atom is -0.488 e. The molecule has 3 rings (SSSR count). The molecule has 1 aromatic heterocycles. The normalized spacial score (nSPS) is 22.6. The first-order valence-electron chi connectivity index (χ1n) is 6.69. The summed E-state index contributed by atoms with van der Waals surface area (Å²) in [6, 6.07) is 3.05. The zero-order valence-electron chi connectivity index (χ0n) is 10.9. The lowest BCUT2D eigenvalue weighted by molar-refractivity contribution is -0.131. The Morgan fingerprint density at radius 1 is 1.37 bits per heavy atom. The van der Waals surface area contributed by atoms with E-state index < -0.39 is 5.63 Å². The Morgan fingerprint density at radius 2 is 2.16 bits per heavy atom. The van der Waals surface area contributed by atoms with Gasteiger partial charge in [0, 0.05) is 24.9 Å². The van der Waals surface area contributed by atoms with Gasteiger partial charge in [-0.25, -0.2) is 4.79 Å². The molecule has 2 aliphatic rings. The van der Waals surface area contributed by atoms with Crippen LogP contribution < -0.4 is 10.4 Å². The SMILES string of the molecule is Cc1cc(O[C@@H]2CCN(C(=O)C3CC3)C2)cc(=O)o1. The van der Waals surface area contributed by atoms with Gasteiger partial charge < -0.3 is 14.1 Å². The van der Waals surface area contributed by atoms with Crippen LogP contribution in [0.5, 0.6) is 5.75 Å². The molecule has 5 nitrogen and oxygen atoms in total. The predicted octanol–water partition coefficient (Wildman–Crippen LogP) is 1.34. The number of nitrogens with zero attached hydrogens (tertiary/aromatic N) is 1. The molecule has 1 saturated carbocycles. The van der Waals surface area contributed by atoms with Crippen molar-refractivity contribution in [2.75, 3.05) is 13.1 Å². The molecule has 1 saturated heterocycles. The summed E-state index contributed by atoms with van der Waals surface area (Å²) < 4.78 is 10.6. The van der Waals surface area contributed by atoms with E-state index in [0.717, 1.165) is 25.8 Å². The molecule has 0 radical (unpaired) electrons. The molecule has 0 aromatic carbocycles. The minimum atomic E-state index is -0.404. The minimum absolute atomic E-state index is 0.0242. The van der Waals surface area contributed by atoms with Crippen LogP contribution in [-0.4, -0.2) is 30.0 Å². The summed E-state index contributed by atoms with van der Waals surface area (Å²) in [4.78, 5) is 25.0. The number of carbonyl (C=O) groups excluding carboxylic acids is 1. The van der Waals surface area contributed by atoms with Crippen LogP contribution in [-0.2, 0) is 4.79 Å². The summed E-state index contributed by atoms with van der Waals surface area (Å²) in [5, 5.41) is 0. The van der Waals surface area contributed by atoms with Gasteiger partial charge in [0.2, 0.25) is 5.91 Å². The van der Waals surface area contributed by atoms with Gasteiger partial charge in [0.15, 0.2) is 0 Å². The predicted molar refractivity (Wildman–Crippen MR) is 68.1 cm³/mol. The molecule has 19 heavy (non-hydrogen) atoms. The quantitative estimate of drug-likeness (QED) is 0.825. The third-order valence-corrected chi connectivity index (χ3v) is 3.55. The van der Waals surface area contributed by atoms with E-state index in [-0.39, 0.29) is 17.9 Å². The van der Waals surface area contributed by atoms with E-state index in [2.05, 4.69) is 0 Å². The van der Waals surface area contributed by atoms with E-state index in [0.29, 0.717) is 18.1 Å². The van der Waals surface area contributed by atoms with Crippen LogP contribution in [0.1, 0.15) is 25.0 Å². The Bertz CT molecular complexity index is 547. The second-order valence-electron chi connectivity index (χ2n) is 5.31. The summed E-state index contributed by atoms with van der Waals surface area (Å²) in [5.74, 6) is 1.57. The number of hydrogen-bond donors (Lipinski definition) is 0. The largest absolute Gasteiger partial charge is 0.488 e. The molecule has 0 N–H and O–H groups in total. The number of amides is 1. The van der Waals surface area contributed by atoms with Crippen LogP contribution in [0.15, 0.2) is 21.3 Å². The van der Waals surface area contributed by atoms with Crippen LogP contribution in [0.4, 0.5) is 0 Å². The summed E-state index contributed by atoms with van der Waals surface area (Å²) in [6.07, 6.45) is 2.85. The molecule has 2 fully saturated rings. The van der Waals surface area contributed by atoms with Crippen molar-refractivity contribution >= 4 is 5.91 Å². The Balaban J connectivity index is 1.62. The molecule has 102 valence electrons. The number of hydrogen-bond acceptors (Lipinski definition) is 4. The lowest BCUT2D eigenvalue weighted by atomic mass is 10.3. The van der Waals surface area contributed by atoms with E-state index in [1.165, 1.54) is 6.07 Å². The van der Waals surface area contributed by atoms with E-state index in [1.54, 1.807) is 13.0 Å². The zero-order chi connectivity index (χ0) is 13.4. The molecule has 5 heteroatoms. The molecule has 2 heterocycles. The van der Waals surface area contributed by atoms with Gasteiger partial charge in [0.25, 0.3) is 0 Å². The van der Waals surface area contributed by atoms with E-state index in [4.69, 9.17) is 9.15 Å². The highest BCUT2D eigenvalue weighted by atomic mass is 16.5. The van der Waals surface area contributed by atoms with Gasteiger partial charge in [-0.2, -0.15) is 0 Å². The van der Waals surface area contributed by atoms with Crippen molar-refractivity contribution in [2.24, 2.45) is 5.92 Å². The van der Waals surface area contributed by atoms with Crippen LogP contribution in [0.3, 0.4) is 0 Å². The van der Waals surface area contributed by atoms with Gasteiger partial charge in [0.05, 0.1) is 12.6 Å². The third kappa shape index (κ3) is 2.80. The van der Waals surface area contributed by atoms with Crippen molar-refractivity contribution in [3.05, 3.63) is 28.3 Å². The molecule has 1 aliphatic heterocycles. The van der Waals surface area contributed by atoms with Gasteiger partial charge in [-0.1, -0.05) is 0 Å². The van der Waals surface area contributed by atoms with Crippen LogP contribution in [0.2, 0.25) is 0 Å². The first-order valence-corrected chi connectivity index (χ1v) is 6.69. The number of aryl methyl sites for hydroxylation is 1. The maximum atomic E-state index is 11.9. The summed E-state index contributed by atoms with van der Waals surface area (Å²) in [7, 11) is 0. The third-order valence-electron chi connectivity index (χ3n) is 3.55. The average Bonchev–Trinajstić information content (AvgIpc) is 3.08. The molecule has 1 amide bonds. The fourth-order valence-electron chi connectivity index (χ4n) is 2.45. The van der Waals surface area contributed by atoms with Crippen molar-refractivity contribution in [3.63, 3.8) is 0 Å². The topological polar surface area (TPSA) is 59.8 Å². The van der Waals surface area contributed by atoms with Crippen molar-refractivity contribution in [1.82, 2.24) is 4.90 Å². The lowest BCUT2D eigenvalue weighted by Crippen LogP contribution is -2.32. The standard InChI is InChI=1S/C14H17NO4/c1-9-6-12(7-13(16)18-9)19-11-4-5-15(8-11)14(17)10-2-3-10/h6-7,10-11H,2-5,8H2,1H3/t11-/m1/s1. The average molecular weight is 263 g/mol. The maximum Gasteiger partial charge on any atom is 0.339 e. The highest BCUT2D eigenvalue weighted by Gasteiger charge is 2.37. The lowest BCUT2D eigenvalue weighted by Gasteiger charge is -2.17. The smallest absolute Gasteiger partial charge is 0.339 e. The zero-order valence-corrected chi connectivity index (χ0v) is 10.9. The molecular formula is C14H17NO4. The van der Waals surface area contributed by atoms with Crippen molar-refractivity contribution in [2.45, 2.75) is 32.3 Å². The van der Waals surface area contributed by atoms with Crippen LogP contribution >= 0.6 is 0 Å². The Kier molecular flexibility index (Phi) is 3.05. The molecule has 1 aliphatic carbocycles. The monoisotopic (exact) mass is 263 g/mol. The van der Waals surface area contributed by atoms with Crippen LogP contribution in [0.25, 0.3) is 0 Å². The van der Waals surface area contributed by atoms with Gasteiger partial charge in [-0.3, -0.25) is 4.79 Å². The first kappa shape index (κ1) is 12.3. The molecular weight excluding hydrogens is 246 g/mol. The Hall–Kier alpha value is -1.78. The van der Waals surface area contributed by atoms with Gasteiger partial charge in [-0.15, -0.1) is 0 Å². The Morgan fingerprint density at radius 3 is 2.84 bits per heavy atom. The maximum absolute atomic E-state index is 11.9. The van der Waals surface area contributed by atoms with Crippen molar-refractivity contribution in [1.29, 1.82) is 0 Å². The van der Waals surface area contributed by atoms with E-state index in [1.807, 2.05) is 4.90 Å². The Labute approximate surface area is 111 Å². The van der Waals surface area contributed by atoms with Crippen LogP contribution in [0, 0.1) is 12.8 Å². The molecule has 0 spiro atoms. The molecule has 0 unspecified atom stereocenters. The highest BCUT2D eigenvalue weighted by Crippen LogP contribution is 2.32. The highest BCUT2D eigenvalue weighted by molar-refractivity contribution is 5.81. The summed E-state index contributed by atoms with van der Waals surface area (Å²) in [6.45, 7) is 3.08. The molecule has 1 atom stereocenters. The first-order chi connectivity index (χ1) is 9.11. The van der Waals surface area contributed by atoms with Gasteiger partial charge >= 0.3 is 5.63 Å². The fourth-order valence-corrected chi connectivity index (χ4v) is 2.45. The second-order valence-corrected chi connectivity index (χ2v) is 5.31. The number of ether oxygens (including phenoxy) is 1. The number of rotatable bonds is 3. The fraction of sp³-hybridized carbons (Fsp3) is 0.571. The summed E-state index contributed by atoms with van der Waals surface area (Å²) in [5.41, 5.74) is -0.404. The summed E-state index contributed by atoms with van der Waals surface area (Å²) >= 11 is 0. The second kappa shape index (κ2) is 4.72. The van der Waals surface area contributed by atoms with Gasteiger partial charge in [0.1, 0.15) is 17.6 Å². The van der Waals surface area contributed by atoms with Gasteiger partial charge in [-0.05, 0) is 19.8 Å². The van der Waals surface area contributed by atoms with Crippen molar-refractivity contribution < 1.29 is 13.9 Å². The van der Waals surface area contributed by atoms with E-state index in [9.17, 15) is 9.59 Å². The van der Waals surface area contributed by atoms with Crippen molar-refractivity contribution in [3.8, 4) is 5.75 Å². The molecule has 1 aromatic rings. The molecule has 0 bridgehead atoms. The van der Waals surface area contributed by atoms with E-state index >= 15 is 0 Å². The number of carbonyl (C=O) groups is 1. The number of likely N-dealkylation sites (tertiary alicyclic amines) is 1.